The Balaban J connectivity index is 2.18. The van der Waals surface area contributed by atoms with Crippen molar-refractivity contribution in [3.05, 3.63) is 35.4 Å². The van der Waals surface area contributed by atoms with Crippen molar-refractivity contribution in [3.8, 4) is 6.07 Å². The largest absolute Gasteiger partial charge is 0.334 e. The van der Waals surface area contributed by atoms with E-state index in [0.29, 0.717) is 18.9 Å². The van der Waals surface area contributed by atoms with Crippen molar-refractivity contribution < 1.29 is 13.6 Å². The minimum atomic E-state index is -0.936. The maximum absolute atomic E-state index is 13.6. The van der Waals surface area contributed by atoms with Crippen molar-refractivity contribution in [1.82, 2.24) is 5.32 Å². The van der Waals surface area contributed by atoms with E-state index in [2.05, 4.69) is 11.4 Å². The SMILES string of the molecule is N#CC1(NC(=O)c2ccc(F)cc2F)CCCCCC1. The summed E-state index contributed by atoms with van der Waals surface area (Å²) in [5.74, 6) is -2.31. The van der Waals surface area contributed by atoms with Crippen LogP contribution in [0.4, 0.5) is 8.78 Å². The maximum Gasteiger partial charge on any atom is 0.255 e. The topological polar surface area (TPSA) is 52.9 Å². The molecule has 1 amide bonds. The van der Waals surface area contributed by atoms with Gasteiger partial charge in [-0.05, 0) is 25.0 Å². The zero-order chi connectivity index (χ0) is 14.6. The van der Waals surface area contributed by atoms with E-state index in [4.69, 9.17) is 0 Å². The second-order valence-corrected chi connectivity index (χ2v) is 5.19. The predicted molar refractivity (Wildman–Crippen MR) is 69.9 cm³/mol. The second kappa shape index (κ2) is 6.00. The highest BCUT2D eigenvalue weighted by Gasteiger charge is 2.33. The summed E-state index contributed by atoms with van der Waals surface area (Å²) in [5.41, 5.74) is -1.17. The Labute approximate surface area is 116 Å². The summed E-state index contributed by atoms with van der Waals surface area (Å²) in [6.07, 6.45) is 4.92. The van der Waals surface area contributed by atoms with E-state index < -0.39 is 23.1 Å². The summed E-state index contributed by atoms with van der Waals surface area (Å²) in [5, 5.41) is 12.0. The molecule has 1 aliphatic rings. The number of nitrogens with one attached hydrogen (secondary N) is 1. The first-order valence-electron chi connectivity index (χ1n) is 6.75. The molecule has 0 atom stereocenters. The van der Waals surface area contributed by atoms with Gasteiger partial charge in [0.05, 0.1) is 11.6 Å². The summed E-state index contributed by atoms with van der Waals surface area (Å²) in [7, 11) is 0. The fraction of sp³-hybridized carbons (Fsp3) is 0.467. The zero-order valence-electron chi connectivity index (χ0n) is 11.1. The van der Waals surface area contributed by atoms with E-state index in [-0.39, 0.29) is 5.56 Å². The van der Waals surface area contributed by atoms with Crippen LogP contribution >= 0.6 is 0 Å². The van der Waals surface area contributed by atoms with Crippen LogP contribution in [0, 0.1) is 23.0 Å². The average molecular weight is 278 g/mol. The predicted octanol–water partition coefficient (Wildman–Crippen LogP) is 3.31. The van der Waals surface area contributed by atoms with E-state index in [9.17, 15) is 18.8 Å². The van der Waals surface area contributed by atoms with Crippen molar-refractivity contribution in [2.24, 2.45) is 0 Å². The van der Waals surface area contributed by atoms with Crippen LogP contribution < -0.4 is 5.32 Å². The summed E-state index contributed by atoms with van der Waals surface area (Å²) >= 11 is 0. The molecule has 1 aliphatic carbocycles. The zero-order valence-corrected chi connectivity index (χ0v) is 11.1. The first-order valence-corrected chi connectivity index (χ1v) is 6.75. The molecule has 1 fully saturated rings. The Morgan fingerprint density at radius 1 is 1.20 bits per heavy atom. The highest BCUT2D eigenvalue weighted by molar-refractivity contribution is 5.95. The number of carbonyl (C=O) groups excluding carboxylic acids is 1. The lowest BCUT2D eigenvalue weighted by Crippen LogP contribution is -2.47. The Kier molecular flexibility index (Phi) is 4.33. The number of nitrogens with zero attached hydrogens (tertiary/aromatic N) is 1. The lowest BCUT2D eigenvalue weighted by molar-refractivity contribution is 0.0908. The summed E-state index contributed by atoms with van der Waals surface area (Å²) in [6, 6.07) is 4.96. The molecule has 0 aromatic heterocycles. The molecule has 2 rings (SSSR count). The molecule has 0 saturated heterocycles. The molecule has 1 saturated carbocycles. The third-order valence-corrected chi connectivity index (χ3v) is 3.70. The number of nitriles is 1. The second-order valence-electron chi connectivity index (χ2n) is 5.19. The van der Waals surface area contributed by atoms with Gasteiger partial charge in [0.25, 0.3) is 5.91 Å². The molecule has 1 aromatic rings. The molecule has 3 nitrogen and oxygen atoms in total. The van der Waals surface area contributed by atoms with Crippen LogP contribution in [-0.4, -0.2) is 11.4 Å². The van der Waals surface area contributed by atoms with Crippen molar-refractivity contribution in [2.45, 2.75) is 44.1 Å². The van der Waals surface area contributed by atoms with Gasteiger partial charge < -0.3 is 5.32 Å². The van der Waals surface area contributed by atoms with Crippen LogP contribution in [0.2, 0.25) is 0 Å². The van der Waals surface area contributed by atoms with Gasteiger partial charge in [-0.3, -0.25) is 4.79 Å². The normalized spacial score (nSPS) is 17.9. The minimum Gasteiger partial charge on any atom is -0.334 e. The minimum absolute atomic E-state index is 0.231. The number of carbonyl (C=O) groups is 1. The molecule has 1 aromatic carbocycles. The quantitative estimate of drug-likeness (QED) is 0.844. The number of benzene rings is 1. The van der Waals surface area contributed by atoms with E-state index in [0.717, 1.165) is 37.8 Å². The van der Waals surface area contributed by atoms with Crippen molar-refractivity contribution in [3.63, 3.8) is 0 Å². The fourth-order valence-electron chi connectivity index (χ4n) is 2.56. The first kappa shape index (κ1) is 14.4. The lowest BCUT2D eigenvalue weighted by Gasteiger charge is -2.26. The third-order valence-electron chi connectivity index (χ3n) is 3.70. The van der Waals surface area contributed by atoms with E-state index in [1.54, 1.807) is 0 Å². The van der Waals surface area contributed by atoms with Crippen molar-refractivity contribution in [2.75, 3.05) is 0 Å². The maximum atomic E-state index is 13.6. The Bertz CT molecular complexity index is 543. The van der Waals surface area contributed by atoms with Crippen LogP contribution in [0.15, 0.2) is 18.2 Å². The highest BCUT2D eigenvalue weighted by atomic mass is 19.1. The van der Waals surface area contributed by atoms with Gasteiger partial charge in [0.2, 0.25) is 0 Å². The molecule has 0 radical (unpaired) electrons. The van der Waals surface area contributed by atoms with Crippen molar-refractivity contribution >= 4 is 5.91 Å². The number of hydrogen-bond donors (Lipinski definition) is 1. The van der Waals surface area contributed by atoms with Gasteiger partial charge in [0, 0.05) is 6.07 Å². The molecule has 0 bridgehead atoms. The average Bonchev–Trinajstić information content (AvgIpc) is 2.64. The van der Waals surface area contributed by atoms with Crippen molar-refractivity contribution in [1.29, 1.82) is 5.26 Å². The summed E-state index contributed by atoms with van der Waals surface area (Å²) < 4.78 is 26.4. The van der Waals surface area contributed by atoms with Gasteiger partial charge in [-0.2, -0.15) is 5.26 Å². The molecule has 106 valence electrons. The molecule has 5 heteroatoms. The van der Waals surface area contributed by atoms with Crippen LogP contribution in [0.3, 0.4) is 0 Å². The van der Waals surface area contributed by atoms with Crippen LogP contribution in [0.1, 0.15) is 48.9 Å². The third kappa shape index (κ3) is 3.13. The monoisotopic (exact) mass is 278 g/mol. The Morgan fingerprint density at radius 3 is 2.40 bits per heavy atom. The van der Waals surface area contributed by atoms with Gasteiger partial charge in [0.15, 0.2) is 0 Å². The standard InChI is InChI=1S/C15H16F2N2O/c16-11-5-6-12(13(17)9-11)14(20)19-15(10-18)7-3-1-2-4-8-15/h5-6,9H,1-4,7-8H2,(H,19,20). The smallest absolute Gasteiger partial charge is 0.255 e. The van der Waals surface area contributed by atoms with E-state index >= 15 is 0 Å². The van der Waals surface area contributed by atoms with Gasteiger partial charge in [-0.25, -0.2) is 8.78 Å². The molecular weight excluding hydrogens is 262 g/mol. The van der Waals surface area contributed by atoms with Crippen LogP contribution in [-0.2, 0) is 0 Å². The molecule has 1 N–H and O–H groups in total. The fourth-order valence-corrected chi connectivity index (χ4v) is 2.56. The molecular formula is C15H16F2N2O. The number of halogens is 2. The number of amides is 1. The van der Waals surface area contributed by atoms with Gasteiger partial charge in [-0.1, -0.05) is 25.7 Å². The summed E-state index contributed by atoms with van der Waals surface area (Å²) in [6.45, 7) is 0. The van der Waals surface area contributed by atoms with Gasteiger partial charge in [-0.15, -0.1) is 0 Å². The molecule has 0 spiro atoms. The Morgan fingerprint density at radius 2 is 1.85 bits per heavy atom. The van der Waals surface area contributed by atoms with E-state index in [1.165, 1.54) is 0 Å². The lowest BCUT2D eigenvalue weighted by atomic mass is 9.91. The van der Waals surface area contributed by atoms with Gasteiger partial charge in [0.1, 0.15) is 17.2 Å². The first-order chi connectivity index (χ1) is 9.56. The van der Waals surface area contributed by atoms with E-state index in [1.807, 2.05) is 0 Å². The van der Waals surface area contributed by atoms with Crippen LogP contribution in [0.5, 0.6) is 0 Å². The molecule has 0 heterocycles. The highest BCUT2D eigenvalue weighted by Crippen LogP contribution is 2.27. The number of rotatable bonds is 2. The molecule has 20 heavy (non-hydrogen) atoms. The molecule has 0 unspecified atom stereocenters. The summed E-state index contributed by atoms with van der Waals surface area (Å²) in [4.78, 5) is 12.1. The Hall–Kier alpha value is -1.96. The number of hydrogen-bond acceptors (Lipinski definition) is 2. The van der Waals surface area contributed by atoms with Crippen LogP contribution in [0.25, 0.3) is 0 Å². The molecule has 0 aliphatic heterocycles. The van der Waals surface area contributed by atoms with Gasteiger partial charge >= 0.3 is 0 Å².